The van der Waals surface area contributed by atoms with Crippen LogP contribution in [0.5, 0.6) is 0 Å². The first-order valence-electron chi connectivity index (χ1n) is 7.74. The van der Waals surface area contributed by atoms with Crippen molar-refractivity contribution in [2.24, 2.45) is 24.8 Å². The summed E-state index contributed by atoms with van der Waals surface area (Å²) in [7, 11) is 2.00. The van der Waals surface area contributed by atoms with Gasteiger partial charge in [0, 0.05) is 38.2 Å². The topological polar surface area (TPSA) is 34.9 Å². The lowest BCUT2D eigenvalue weighted by Crippen LogP contribution is -2.38. The van der Waals surface area contributed by atoms with Gasteiger partial charge in [-0.25, -0.2) is 4.98 Å². The van der Waals surface area contributed by atoms with Crippen LogP contribution in [0.1, 0.15) is 50.8 Å². The first-order chi connectivity index (χ1) is 9.25. The number of carbonyl (C=O) groups is 1. The van der Waals surface area contributed by atoms with Crippen molar-refractivity contribution in [2.75, 3.05) is 0 Å². The quantitative estimate of drug-likeness (QED) is 0.787. The maximum atomic E-state index is 12.6. The van der Waals surface area contributed by atoms with Crippen molar-refractivity contribution in [3.8, 4) is 0 Å². The second-order valence-electron chi connectivity index (χ2n) is 6.33. The van der Waals surface area contributed by atoms with E-state index in [0.29, 0.717) is 30.0 Å². The van der Waals surface area contributed by atoms with Crippen LogP contribution in [0.3, 0.4) is 0 Å². The van der Waals surface area contributed by atoms with Crippen LogP contribution in [0.15, 0.2) is 12.4 Å². The summed E-state index contributed by atoms with van der Waals surface area (Å²) in [6.07, 6.45) is 13.1. The number of nitrogens with zero attached hydrogens (tertiary/aromatic N) is 2. The Morgan fingerprint density at radius 2 is 1.95 bits per heavy atom. The molecule has 0 bridgehead atoms. The summed E-state index contributed by atoms with van der Waals surface area (Å²) in [5.41, 5.74) is 0. The molecule has 0 saturated heterocycles. The van der Waals surface area contributed by atoms with Crippen LogP contribution in [0.4, 0.5) is 0 Å². The van der Waals surface area contributed by atoms with Crippen LogP contribution in [-0.4, -0.2) is 15.3 Å². The molecule has 19 heavy (non-hydrogen) atoms. The Labute approximate surface area is 115 Å². The second kappa shape index (κ2) is 5.48. The lowest BCUT2D eigenvalue weighted by molar-refractivity contribution is -0.129. The first-order valence-corrected chi connectivity index (χ1v) is 7.74. The molecule has 3 heteroatoms. The molecular weight excluding hydrogens is 236 g/mol. The van der Waals surface area contributed by atoms with E-state index in [1.165, 1.54) is 38.5 Å². The molecule has 2 fully saturated rings. The molecule has 0 amide bonds. The van der Waals surface area contributed by atoms with Gasteiger partial charge in [0.05, 0.1) is 0 Å². The predicted octanol–water partition coefficient (Wildman–Crippen LogP) is 3.14. The average Bonchev–Trinajstić information content (AvgIpc) is 2.66. The molecule has 0 aromatic carbocycles. The summed E-state index contributed by atoms with van der Waals surface area (Å²) in [4.78, 5) is 16.9. The number of hydrogen-bond acceptors (Lipinski definition) is 2. The number of aryl methyl sites for hydroxylation is 2. The lowest BCUT2D eigenvalue weighted by Gasteiger charge is -2.41. The highest BCUT2D eigenvalue weighted by Gasteiger charge is 2.39. The molecule has 0 aliphatic heterocycles. The highest BCUT2D eigenvalue weighted by atomic mass is 16.1. The molecule has 2 aliphatic rings. The minimum atomic E-state index is 0.378. The summed E-state index contributed by atoms with van der Waals surface area (Å²) < 4.78 is 2.02. The van der Waals surface area contributed by atoms with E-state index < -0.39 is 0 Å². The number of hydrogen-bond donors (Lipinski definition) is 0. The van der Waals surface area contributed by atoms with Gasteiger partial charge < -0.3 is 4.57 Å². The van der Waals surface area contributed by atoms with Crippen molar-refractivity contribution in [2.45, 2.75) is 51.4 Å². The van der Waals surface area contributed by atoms with Crippen LogP contribution >= 0.6 is 0 Å². The number of Topliss-reactive ketones (excluding diaryl/α,β-unsaturated/α-hetero) is 1. The molecule has 3 rings (SSSR count). The third kappa shape index (κ3) is 2.60. The van der Waals surface area contributed by atoms with Gasteiger partial charge in [0.1, 0.15) is 11.6 Å². The fraction of sp³-hybridized carbons (Fsp3) is 0.750. The molecule has 1 heterocycles. The van der Waals surface area contributed by atoms with Crippen LogP contribution < -0.4 is 0 Å². The number of aromatic nitrogens is 2. The van der Waals surface area contributed by atoms with Gasteiger partial charge in [-0.2, -0.15) is 0 Å². The van der Waals surface area contributed by atoms with E-state index in [1.54, 1.807) is 0 Å². The zero-order valence-corrected chi connectivity index (χ0v) is 11.8. The molecule has 0 radical (unpaired) electrons. The maximum absolute atomic E-state index is 12.6. The number of ketones is 1. The van der Waals surface area contributed by atoms with E-state index in [1.807, 2.05) is 24.0 Å². The number of carbonyl (C=O) groups excluding carboxylic acids is 1. The Balaban J connectivity index is 1.59. The summed E-state index contributed by atoms with van der Waals surface area (Å²) in [5, 5.41) is 0. The third-order valence-corrected chi connectivity index (χ3v) is 5.20. The van der Waals surface area contributed by atoms with Gasteiger partial charge in [0.2, 0.25) is 0 Å². The summed E-state index contributed by atoms with van der Waals surface area (Å²) >= 11 is 0. The van der Waals surface area contributed by atoms with Crippen molar-refractivity contribution >= 4 is 5.78 Å². The van der Waals surface area contributed by atoms with Crippen molar-refractivity contribution in [1.29, 1.82) is 0 Å². The molecule has 0 spiro atoms. The Kier molecular flexibility index (Phi) is 3.72. The molecule has 1 aromatic heterocycles. The summed E-state index contributed by atoms with van der Waals surface area (Å²) in [5.74, 6) is 3.34. The molecule has 0 atom stereocenters. The van der Waals surface area contributed by atoms with Crippen LogP contribution in [0.25, 0.3) is 0 Å². The van der Waals surface area contributed by atoms with Crippen LogP contribution in [-0.2, 0) is 18.3 Å². The van der Waals surface area contributed by atoms with Crippen LogP contribution in [0, 0.1) is 17.8 Å². The monoisotopic (exact) mass is 260 g/mol. The van der Waals surface area contributed by atoms with E-state index >= 15 is 0 Å². The molecular formula is C16H24N2O. The number of rotatable bonds is 6. The molecule has 3 nitrogen and oxygen atoms in total. The maximum Gasteiger partial charge on any atom is 0.136 e. The van der Waals surface area contributed by atoms with Gasteiger partial charge in [0.25, 0.3) is 0 Å². The molecule has 0 N–H and O–H groups in total. The van der Waals surface area contributed by atoms with Gasteiger partial charge in [-0.1, -0.05) is 12.8 Å². The number of imidazole rings is 1. The molecule has 2 saturated carbocycles. The Hall–Kier alpha value is -1.12. The van der Waals surface area contributed by atoms with Gasteiger partial charge in [0.15, 0.2) is 0 Å². The largest absolute Gasteiger partial charge is 0.338 e. The Bertz CT molecular complexity index is 429. The fourth-order valence-corrected chi connectivity index (χ4v) is 3.55. The zero-order chi connectivity index (χ0) is 13.2. The van der Waals surface area contributed by atoms with E-state index in [-0.39, 0.29) is 0 Å². The van der Waals surface area contributed by atoms with E-state index in [2.05, 4.69) is 4.98 Å². The third-order valence-electron chi connectivity index (χ3n) is 5.20. The average molecular weight is 260 g/mol. The van der Waals surface area contributed by atoms with E-state index in [4.69, 9.17) is 0 Å². The highest BCUT2D eigenvalue weighted by molar-refractivity contribution is 5.82. The first kappa shape index (κ1) is 12.9. The van der Waals surface area contributed by atoms with Gasteiger partial charge >= 0.3 is 0 Å². The zero-order valence-electron chi connectivity index (χ0n) is 11.8. The standard InChI is InChI=1S/C16H24N2O/c1-18-11-10-17-15(18)9-8-14(19)16(12-4-2-5-12)13-6-3-7-13/h10-13,16H,2-9H2,1H3. The minimum Gasteiger partial charge on any atom is -0.338 e. The minimum absolute atomic E-state index is 0.378. The molecule has 104 valence electrons. The van der Waals surface area contributed by atoms with Crippen molar-refractivity contribution in [3.63, 3.8) is 0 Å². The fourth-order valence-electron chi connectivity index (χ4n) is 3.55. The van der Waals surface area contributed by atoms with Crippen LogP contribution in [0.2, 0.25) is 0 Å². The highest BCUT2D eigenvalue weighted by Crippen LogP contribution is 2.45. The SMILES string of the molecule is Cn1ccnc1CCC(=O)C(C1CCC1)C1CCC1. The molecule has 1 aromatic rings. The van der Waals surface area contributed by atoms with Crippen molar-refractivity contribution in [1.82, 2.24) is 9.55 Å². The normalized spacial score (nSPS) is 20.3. The van der Waals surface area contributed by atoms with Gasteiger partial charge in [-0.15, -0.1) is 0 Å². The lowest BCUT2D eigenvalue weighted by atomic mass is 9.62. The Morgan fingerprint density at radius 3 is 2.37 bits per heavy atom. The smallest absolute Gasteiger partial charge is 0.136 e. The Morgan fingerprint density at radius 1 is 1.32 bits per heavy atom. The van der Waals surface area contributed by atoms with Crippen molar-refractivity contribution < 1.29 is 4.79 Å². The molecule has 2 aliphatic carbocycles. The summed E-state index contributed by atoms with van der Waals surface area (Å²) in [6, 6.07) is 0. The van der Waals surface area contributed by atoms with Crippen molar-refractivity contribution in [3.05, 3.63) is 18.2 Å². The van der Waals surface area contributed by atoms with E-state index in [9.17, 15) is 4.79 Å². The summed E-state index contributed by atoms with van der Waals surface area (Å²) in [6.45, 7) is 0. The van der Waals surface area contributed by atoms with Gasteiger partial charge in [-0.3, -0.25) is 4.79 Å². The second-order valence-corrected chi connectivity index (χ2v) is 6.33. The van der Waals surface area contributed by atoms with E-state index in [0.717, 1.165) is 12.2 Å². The van der Waals surface area contributed by atoms with Gasteiger partial charge in [-0.05, 0) is 37.5 Å². The molecule has 0 unspecified atom stereocenters. The predicted molar refractivity (Wildman–Crippen MR) is 74.7 cm³/mol.